The molecule has 6 aromatic carbocycles. The Morgan fingerprint density at radius 1 is 0.400 bits per heavy atom. The molecule has 0 atom stereocenters. The minimum absolute atomic E-state index is 0.00167. The summed E-state index contributed by atoms with van der Waals surface area (Å²) in [5, 5.41) is 3.73. The van der Waals surface area contributed by atoms with E-state index >= 15 is 0 Å². The lowest BCUT2D eigenvalue weighted by molar-refractivity contribution is 0.346. The molecule has 0 aliphatic heterocycles. The van der Waals surface area contributed by atoms with Gasteiger partial charge >= 0.3 is 0 Å². The molecule has 3 heteroatoms. The Morgan fingerprint density at radius 3 is 1.20 bits per heavy atom. The first-order valence-electron chi connectivity index (χ1n) is 16.0. The summed E-state index contributed by atoms with van der Waals surface area (Å²) in [5.41, 5.74) is 6.30. The van der Waals surface area contributed by atoms with Crippen LogP contribution in [0.15, 0.2) is 170 Å². The van der Waals surface area contributed by atoms with Crippen molar-refractivity contribution in [1.82, 2.24) is 0 Å². The molecule has 0 heterocycles. The molecule has 1 aliphatic rings. The molecule has 1 saturated carbocycles. The summed E-state index contributed by atoms with van der Waals surface area (Å²) in [7, 11) is 0. The third kappa shape index (κ3) is 5.70. The van der Waals surface area contributed by atoms with E-state index in [1.54, 1.807) is 0 Å². The number of hydrogen-bond donors (Lipinski definition) is 0. The Kier molecular flexibility index (Phi) is 8.53. The van der Waals surface area contributed by atoms with Crippen molar-refractivity contribution in [3.63, 3.8) is 0 Å². The van der Waals surface area contributed by atoms with Crippen molar-refractivity contribution in [2.75, 3.05) is 4.90 Å². The van der Waals surface area contributed by atoms with Crippen molar-refractivity contribution in [3.05, 3.63) is 181 Å². The standard InChI is InChI=1S/C42H38NPS/c45-44(39-20-10-3-11-21-39,40-22-12-4-13-23-40)41-30-26-35(27-31-41)42(32-14-5-15-33-42)34-24-28-38(29-25-34)43(36-16-6-1-7-17-36)37-18-8-2-9-19-37/h1-4,6-13,16-31H,5,14-15,32-33H2. The van der Waals surface area contributed by atoms with E-state index in [1.807, 2.05) is 0 Å². The summed E-state index contributed by atoms with van der Waals surface area (Å²) in [5.74, 6) is 0. The fourth-order valence-electron chi connectivity index (χ4n) is 7.14. The molecular weight excluding hydrogens is 582 g/mol. The summed E-state index contributed by atoms with van der Waals surface area (Å²) < 4.78 is 0. The summed E-state index contributed by atoms with van der Waals surface area (Å²) in [6.45, 7) is 0. The van der Waals surface area contributed by atoms with Gasteiger partial charge in [-0.15, -0.1) is 0 Å². The van der Waals surface area contributed by atoms with Crippen molar-refractivity contribution < 1.29 is 0 Å². The third-order valence-corrected chi connectivity index (χ3v) is 14.4. The topological polar surface area (TPSA) is 3.24 Å². The van der Waals surface area contributed by atoms with Crippen LogP contribution >= 0.6 is 6.04 Å². The molecule has 0 N–H and O–H groups in total. The fraction of sp³-hybridized carbons (Fsp3) is 0.143. The number of nitrogens with zero attached hydrogens (tertiary/aromatic N) is 1. The predicted molar refractivity (Wildman–Crippen MR) is 198 cm³/mol. The molecule has 0 amide bonds. The van der Waals surface area contributed by atoms with Crippen molar-refractivity contribution in [3.8, 4) is 0 Å². The largest absolute Gasteiger partial charge is 0.311 e. The van der Waals surface area contributed by atoms with Crippen molar-refractivity contribution in [1.29, 1.82) is 0 Å². The second kappa shape index (κ2) is 13.0. The highest BCUT2D eigenvalue weighted by atomic mass is 32.4. The minimum atomic E-state index is -2.18. The van der Waals surface area contributed by atoms with Crippen LogP contribution in [0.4, 0.5) is 17.1 Å². The smallest absolute Gasteiger partial charge is 0.0461 e. The second-order valence-corrected chi connectivity index (χ2v) is 16.4. The summed E-state index contributed by atoms with van der Waals surface area (Å²) in [4.78, 5) is 2.34. The first kappa shape index (κ1) is 29.5. The maximum atomic E-state index is 6.65. The highest BCUT2D eigenvalue weighted by Gasteiger charge is 2.36. The maximum Gasteiger partial charge on any atom is 0.0461 e. The van der Waals surface area contributed by atoms with Gasteiger partial charge in [-0.3, -0.25) is 0 Å². The van der Waals surface area contributed by atoms with Gasteiger partial charge in [0.25, 0.3) is 0 Å². The SMILES string of the molecule is S=P(c1ccccc1)(c1ccccc1)c1ccc(C2(c3ccc(N(c4ccccc4)c4ccccc4)cc3)CCCCC2)cc1. The molecule has 0 bridgehead atoms. The van der Waals surface area contributed by atoms with Gasteiger partial charge in [-0.1, -0.05) is 165 Å². The van der Waals surface area contributed by atoms with Gasteiger partial charge in [0.15, 0.2) is 0 Å². The van der Waals surface area contributed by atoms with E-state index in [0.29, 0.717) is 0 Å². The van der Waals surface area contributed by atoms with Gasteiger partial charge in [0.1, 0.15) is 0 Å². The summed E-state index contributed by atoms with van der Waals surface area (Å²) >= 11 is 6.65. The number of benzene rings is 6. The number of hydrogen-bond acceptors (Lipinski definition) is 2. The van der Waals surface area contributed by atoms with Gasteiger partial charge in [-0.25, -0.2) is 0 Å². The number of para-hydroxylation sites is 2. The zero-order valence-corrected chi connectivity index (χ0v) is 27.2. The lowest BCUT2D eigenvalue weighted by Crippen LogP contribution is -2.31. The minimum Gasteiger partial charge on any atom is -0.311 e. The van der Waals surface area contributed by atoms with Crippen LogP contribution in [0.25, 0.3) is 0 Å². The Balaban J connectivity index is 1.27. The normalized spacial score (nSPS) is 14.5. The summed E-state index contributed by atoms with van der Waals surface area (Å²) in [6.07, 6.45) is 6.12. The number of rotatable bonds is 8. The van der Waals surface area contributed by atoms with Crippen LogP contribution in [0, 0.1) is 0 Å². The van der Waals surface area contributed by atoms with Crippen LogP contribution in [0.3, 0.4) is 0 Å². The third-order valence-electron chi connectivity index (χ3n) is 9.44. The molecule has 0 radical (unpaired) electrons. The van der Waals surface area contributed by atoms with Crippen molar-refractivity contribution in [2.45, 2.75) is 37.5 Å². The average molecular weight is 620 g/mol. The molecule has 0 spiro atoms. The molecule has 1 nitrogen and oxygen atoms in total. The molecule has 0 unspecified atom stereocenters. The molecule has 6 aromatic rings. The van der Waals surface area contributed by atoms with Crippen LogP contribution in [0.5, 0.6) is 0 Å². The van der Waals surface area contributed by atoms with E-state index in [2.05, 4.69) is 175 Å². The van der Waals surface area contributed by atoms with Gasteiger partial charge in [0.2, 0.25) is 0 Å². The van der Waals surface area contributed by atoms with E-state index in [0.717, 1.165) is 24.2 Å². The monoisotopic (exact) mass is 619 g/mol. The van der Waals surface area contributed by atoms with Crippen LogP contribution in [0.2, 0.25) is 0 Å². The molecule has 222 valence electrons. The van der Waals surface area contributed by atoms with E-state index in [1.165, 1.54) is 52.0 Å². The quantitative estimate of drug-likeness (QED) is 0.156. The zero-order chi connectivity index (χ0) is 30.5. The van der Waals surface area contributed by atoms with Gasteiger partial charge in [0.05, 0.1) is 0 Å². The van der Waals surface area contributed by atoms with Gasteiger partial charge < -0.3 is 4.90 Å². The van der Waals surface area contributed by atoms with Crippen molar-refractivity contribution in [2.24, 2.45) is 0 Å². The summed E-state index contributed by atoms with van der Waals surface area (Å²) in [6, 6.07) is 59.4. The highest BCUT2D eigenvalue weighted by Crippen LogP contribution is 2.47. The predicted octanol–water partition coefficient (Wildman–Crippen LogP) is 10.2. The molecule has 1 aliphatic carbocycles. The van der Waals surface area contributed by atoms with Crippen molar-refractivity contribution >= 4 is 50.8 Å². The molecule has 0 aromatic heterocycles. The van der Waals surface area contributed by atoms with Crippen LogP contribution in [-0.4, -0.2) is 0 Å². The molecule has 45 heavy (non-hydrogen) atoms. The molecule has 0 saturated heterocycles. The lowest BCUT2D eigenvalue weighted by atomic mass is 9.65. The molecular formula is C42H38NPS. The molecule has 1 fully saturated rings. The van der Waals surface area contributed by atoms with Crippen LogP contribution in [0.1, 0.15) is 43.2 Å². The van der Waals surface area contributed by atoms with E-state index in [-0.39, 0.29) is 5.41 Å². The maximum absolute atomic E-state index is 6.65. The van der Waals surface area contributed by atoms with E-state index < -0.39 is 6.04 Å². The first-order chi connectivity index (χ1) is 22.2. The second-order valence-electron chi connectivity index (χ2n) is 12.0. The Bertz CT molecular complexity index is 1780. The average Bonchev–Trinajstić information content (AvgIpc) is 3.14. The van der Waals surface area contributed by atoms with Crippen LogP contribution < -0.4 is 20.8 Å². The van der Waals surface area contributed by atoms with Gasteiger partial charge in [-0.2, -0.15) is 0 Å². The lowest BCUT2D eigenvalue weighted by Gasteiger charge is -2.39. The van der Waals surface area contributed by atoms with E-state index in [4.69, 9.17) is 11.8 Å². The first-order valence-corrected chi connectivity index (χ1v) is 18.8. The van der Waals surface area contributed by atoms with Gasteiger partial charge in [0, 0.05) is 28.5 Å². The fourth-order valence-corrected chi connectivity index (χ4v) is 10.9. The highest BCUT2D eigenvalue weighted by molar-refractivity contribution is 8.25. The Labute approximate surface area is 273 Å². The zero-order valence-electron chi connectivity index (χ0n) is 25.5. The van der Waals surface area contributed by atoms with Gasteiger partial charge in [-0.05, 0) is 76.3 Å². The van der Waals surface area contributed by atoms with E-state index in [9.17, 15) is 0 Å². The Hall–Kier alpha value is -4.23. The molecule has 7 rings (SSSR count). The number of anilines is 3. The van der Waals surface area contributed by atoms with Crippen LogP contribution in [-0.2, 0) is 17.2 Å². The Morgan fingerprint density at radius 2 is 0.756 bits per heavy atom.